The van der Waals surface area contributed by atoms with E-state index in [1.54, 1.807) is 14.2 Å². The fourth-order valence-electron chi connectivity index (χ4n) is 2.57. The molecule has 5 heteroatoms. The molecule has 0 saturated carbocycles. The van der Waals surface area contributed by atoms with Crippen LogP contribution in [0.5, 0.6) is 5.75 Å². The van der Waals surface area contributed by atoms with Gasteiger partial charge in [0.2, 0.25) is 0 Å². The molecule has 0 bridgehead atoms. The first-order valence-electron chi connectivity index (χ1n) is 9.01. The maximum absolute atomic E-state index is 5.70. The van der Waals surface area contributed by atoms with Gasteiger partial charge in [0.15, 0.2) is 5.96 Å². The van der Waals surface area contributed by atoms with Gasteiger partial charge in [-0.05, 0) is 24.5 Å². The van der Waals surface area contributed by atoms with Crippen LogP contribution < -0.4 is 15.4 Å². The molecular formula is C21H29N3O2. The van der Waals surface area contributed by atoms with E-state index in [4.69, 9.17) is 9.47 Å². The van der Waals surface area contributed by atoms with Gasteiger partial charge in [0.05, 0.1) is 13.7 Å². The average Bonchev–Trinajstić information content (AvgIpc) is 2.70. The quantitative estimate of drug-likeness (QED) is 0.391. The van der Waals surface area contributed by atoms with Gasteiger partial charge in [-0.1, -0.05) is 48.5 Å². The maximum atomic E-state index is 5.70. The van der Waals surface area contributed by atoms with E-state index in [9.17, 15) is 0 Å². The number of rotatable bonds is 10. The van der Waals surface area contributed by atoms with Crippen LogP contribution in [0.3, 0.4) is 0 Å². The fourth-order valence-corrected chi connectivity index (χ4v) is 2.57. The Balaban J connectivity index is 1.57. The normalized spacial score (nSPS) is 11.2. The average molecular weight is 355 g/mol. The molecule has 0 radical (unpaired) electrons. The lowest BCUT2D eigenvalue weighted by molar-refractivity contribution is 0.135. The number of nitrogens with zero attached hydrogens (tertiary/aromatic N) is 1. The lowest BCUT2D eigenvalue weighted by atomic mass is 10.2. The number of nitrogens with one attached hydrogen (secondary N) is 2. The molecular weight excluding hydrogens is 326 g/mol. The molecule has 0 aromatic heterocycles. The standard InChI is InChI=1S/C21H29N3O2/c1-22-21(24-17-19-11-6-7-12-20(19)25-2)23-14-8-15-26-16-13-18-9-4-3-5-10-18/h3-7,9-12H,8,13-17H2,1-2H3,(H2,22,23,24). The largest absolute Gasteiger partial charge is 0.496 e. The van der Waals surface area contributed by atoms with E-state index >= 15 is 0 Å². The summed E-state index contributed by atoms with van der Waals surface area (Å²) in [4.78, 5) is 4.25. The number of benzene rings is 2. The summed E-state index contributed by atoms with van der Waals surface area (Å²) >= 11 is 0. The molecule has 5 nitrogen and oxygen atoms in total. The molecule has 0 aliphatic carbocycles. The third-order valence-electron chi connectivity index (χ3n) is 4.00. The van der Waals surface area contributed by atoms with E-state index < -0.39 is 0 Å². The van der Waals surface area contributed by atoms with Crippen molar-refractivity contribution in [3.05, 3.63) is 65.7 Å². The van der Waals surface area contributed by atoms with Crippen LogP contribution in [0.1, 0.15) is 17.5 Å². The van der Waals surface area contributed by atoms with Gasteiger partial charge in [-0.3, -0.25) is 4.99 Å². The summed E-state index contributed by atoms with van der Waals surface area (Å²) in [6, 6.07) is 18.4. The monoisotopic (exact) mass is 355 g/mol. The van der Waals surface area contributed by atoms with Crippen molar-refractivity contribution in [3.8, 4) is 5.75 Å². The van der Waals surface area contributed by atoms with Gasteiger partial charge < -0.3 is 20.1 Å². The fraction of sp³-hybridized carbons (Fsp3) is 0.381. The number of aliphatic imine (C=N–C) groups is 1. The molecule has 2 N–H and O–H groups in total. The number of guanidine groups is 1. The highest BCUT2D eigenvalue weighted by Crippen LogP contribution is 2.16. The van der Waals surface area contributed by atoms with Gasteiger partial charge in [0.1, 0.15) is 5.75 Å². The second-order valence-electron chi connectivity index (χ2n) is 5.87. The summed E-state index contributed by atoms with van der Waals surface area (Å²) in [5.74, 6) is 1.66. The zero-order chi connectivity index (χ0) is 18.5. The van der Waals surface area contributed by atoms with Crippen molar-refractivity contribution in [2.75, 3.05) is 33.9 Å². The molecule has 2 aromatic carbocycles. The summed E-state index contributed by atoms with van der Waals surface area (Å²) in [6.45, 7) is 2.97. The zero-order valence-corrected chi connectivity index (χ0v) is 15.7. The molecule has 0 saturated heterocycles. The van der Waals surface area contributed by atoms with Crippen LogP contribution in [-0.4, -0.2) is 39.9 Å². The zero-order valence-electron chi connectivity index (χ0n) is 15.7. The van der Waals surface area contributed by atoms with Crippen LogP contribution in [-0.2, 0) is 17.7 Å². The first-order chi connectivity index (χ1) is 12.8. The van der Waals surface area contributed by atoms with Crippen molar-refractivity contribution in [3.63, 3.8) is 0 Å². The number of ether oxygens (including phenoxy) is 2. The Kier molecular flexibility index (Phi) is 9.08. The Morgan fingerprint density at radius 2 is 1.73 bits per heavy atom. The highest BCUT2D eigenvalue weighted by atomic mass is 16.5. The summed E-state index contributed by atoms with van der Waals surface area (Å²) in [5.41, 5.74) is 2.41. The molecule has 0 atom stereocenters. The van der Waals surface area contributed by atoms with Crippen LogP contribution in [0.25, 0.3) is 0 Å². The first kappa shape index (κ1) is 19.8. The van der Waals surface area contributed by atoms with Crippen LogP contribution >= 0.6 is 0 Å². The molecule has 2 aromatic rings. The Bertz CT molecular complexity index is 659. The van der Waals surface area contributed by atoms with Gasteiger partial charge >= 0.3 is 0 Å². The van der Waals surface area contributed by atoms with Crippen molar-refractivity contribution >= 4 is 5.96 Å². The lowest BCUT2D eigenvalue weighted by Crippen LogP contribution is -2.37. The van der Waals surface area contributed by atoms with Crippen molar-refractivity contribution in [2.24, 2.45) is 4.99 Å². The molecule has 26 heavy (non-hydrogen) atoms. The predicted octanol–water partition coefficient (Wildman–Crippen LogP) is 3.01. The number of methoxy groups -OCH3 is 1. The number of para-hydroxylation sites is 1. The van der Waals surface area contributed by atoms with E-state index in [1.807, 2.05) is 30.3 Å². The van der Waals surface area contributed by atoms with Gasteiger partial charge in [0, 0.05) is 32.3 Å². The number of hydrogen-bond donors (Lipinski definition) is 2. The second kappa shape index (κ2) is 11.9. The van der Waals surface area contributed by atoms with Gasteiger partial charge in [-0.2, -0.15) is 0 Å². The molecule has 0 heterocycles. The molecule has 0 aliphatic rings. The van der Waals surface area contributed by atoms with Crippen molar-refractivity contribution in [1.82, 2.24) is 10.6 Å². The highest BCUT2D eigenvalue weighted by molar-refractivity contribution is 5.79. The third-order valence-corrected chi connectivity index (χ3v) is 4.00. The minimum absolute atomic E-state index is 0.664. The Morgan fingerprint density at radius 1 is 0.962 bits per heavy atom. The van der Waals surface area contributed by atoms with Crippen LogP contribution in [0.4, 0.5) is 0 Å². The van der Waals surface area contributed by atoms with Crippen molar-refractivity contribution in [1.29, 1.82) is 0 Å². The Labute approximate surface area is 156 Å². The van der Waals surface area contributed by atoms with Gasteiger partial charge in [-0.15, -0.1) is 0 Å². The van der Waals surface area contributed by atoms with E-state index in [1.165, 1.54) is 5.56 Å². The maximum Gasteiger partial charge on any atom is 0.191 e. The van der Waals surface area contributed by atoms with Crippen LogP contribution in [0.15, 0.2) is 59.6 Å². The van der Waals surface area contributed by atoms with Gasteiger partial charge in [-0.25, -0.2) is 0 Å². The third kappa shape index (κ3) is 7.15. The van der Waals surface area contributed by atoms with Gasteiger partial charge in [0.25, 0.3) is 0 Å². The minimum atomic E-state index is 0.664. The topological polar surface area (TPSA) is 54.9 Å². The van der Waals surface area contributed by atoms with E-state index in [0.29, 0.717) is 6.54 Å². The molecule has 0 unspecified atom stereocenters. The summed E-state index contributed by atoms with van der Waals surface area (Å²) < 4.78 is 11.1. The van der Waals surface area contributed by atoms with Crippen LogP contribution in [0.2, 0.25) is 0 Å². The molecule has 0 spiro atoms. The predicted molar refractivity (Wildman–Crippen MR) is 107 cm³/mol. The Hall–Kier alpha value is -2.53. The first-order valence-corrected chi connectivity index (χ1v) is 9.01. The molecule has 0 amide bonds. The highest BCUT2D eigenvalue weighted by Gasteiger charge is 2.03. The minimum Gasteiger partial charge on any atom is -0.496 e. The van der Waals surface area contributed by atoms with Crippen molar-refractivity contribution < 1.29 is 9.47 Å². The summed E-state index contributed by atoms with van der Waals surface area (Å²) in [6.07, 6.45) is 1.89. The molecule has 0 aliphatic heterocycles. The molecule has 2 rings (SSSR count). The SMILES string of the molecule is CN=C(NCCCOCCc1ccccc1)NCc1ccccc1OC. The van der Waals surface area contributed by atoms with Crippen molar-refractivity contribution in [2.45, 2.75) is 19.4 Å². The smallest absolute Gasteiger partial charge is 0.191 e. The van der Waals surface area contributed by atoms with E-state index in [0.717, 1.165) is 49.9 Å². The van der Waals surface area contributed by atoms with E-state index in [-0.39, 0.29) is 0 Å². The number of hydrogen-bond acceptors (Lipinski definition) is 3. The summed E-state index contributed by atoms with van der Waals surface area (Å²) in [5, 5.41) is 6.61. The summed E-state index contributed by atoms with van der Waals surface area (Å²) in [7, 11) is 3.46. The lowest BCUT2D eigenvalue weighted by Gasteiger charge is -2.13. The van der Waals surface area contributed by atoms with Crippen LogP contribution in [0, 0.1) is 0 Å². The Morgan fingerprint density at radius 3 is 2.50 bits per heavy atom. The molecule has 140 valence electrons. The second-order valence-corrected chi connectivity index (χ2v) is 5.87. The molecule has 0 fully saturated rings. The van der Waals surface area contributed by atoms with E-state index in [2.05, 4.69) is 39.9 Å².